The van der Waals surface area contributed by atoms with Crippen LogP contribution in [0.4, 0.5) is 5.95 Å². The number of pyridine rings is 1. The van der Waals surface area contributed by atoms with Crippen LogP contribution in [0.3, 0.4) is 0 Å². The van der Waals surface area contributed by atoms with E-state index in [0.717, 1.165) is 28.1 Å². The van der Waals surface area contributed by atoms with Crippen LogP contribution in [0.25, 0.3) is 11.3 Å². The lowest BCUT2D eigenvalue weighted by atomic mass is 9.87. The molecule has 0 saturated carbocycles. The smallest absolute Gasteiger partial charge is 0.264 e. The van der Waals surface area contributed by atoms with Crippen molar-refractivity contribution in [1.82, 2.24) is 19.9 Å². The van der Waals surface area contributed by atoms with Crippen LogP contribution in [-0.4, -0.2) is 46.8 Å². The minimum atomic E-state index is -4.15. The van der Waals surface area contributed by atoms with Crippen molar-refractivity contribution in [3.63, 3.8) is 0 Å². The fraction of sp³-hybridized carbons (Fsp3) is 0.371. The summed E-state index contributed by atoms with van der Waals surface area (Å²) in [4.78, 5) is 30.0. The summed E-state index contributed by atoms with van der Waals surface area (Å²) in [6.45, 7) is 14.8. The summed E-state index contributed by atoms with van der Waals surface area (Å²) in [5, 5.41) is 0. The van der Waals surface area contributed by atoms with Gasteiger partial charge in [0.2, 0.25) is 11.8 Å². The second-order valence-electron chi connectivity index (χ2n) is 13.2. The van der Waals surface area contributed by atoms with Gasteiger partial charge in [-0.3, -0.25) is 9.78 Å². The van der Waals surface area contributed by atoms with Crippen LogP contribution < -0.4 is 9.46 Å². The van der Waals surface area contributed by atoms with E-state index in [1.165, 1.54) is 12.1 Å². The fourth-order valence-corrected chi connectivity index (χ4v) is 6.62. The molecule has 0 aliphatic carbocycles. The van der Waals surface area contributed by atoms with Gasteiger partial charge in [0.25, 0.3) is 15.9 Å². The minimum absolute atomic E-state index is 0.0663. The lowest BCUT2D eigenvalue weighted by Gasteiger charge is -2.35. The maximum absolute atomic E-state index is 14.3. The molecule has 0 saturated heterocycles. The molecule has 1 N–H and O–H groups in total. The van der Waals surface area contributed by atoms with E-state index in [1.54, 1.807) is 23.1 Å². The van der Waals surface area contributed by atoms with Crippen molar-refractivity contribution in [3.8, 4) is 17.1 Å². The number of benzene rings is 2. The van der Waals surface area contributed by atoms with E-state index in [0.29, 0.717) is 12.1 Å². The number of sulfonamides is 1. The van der Waals surface area contributed by atoms with Gasteiger partial charge in [-0.1, -0.05) is 65.0 Å². The molecule has 0 fully saturated rings. The van der Waals surface area contributed by atoms with E-state index in [4.69, 9.17) is 9.72 Å². The Morgan fingerprint density at radius 2 is 1.64 bits per heavy atom. The van der Waals surface area contributed by atoms with Gasteiger partial charge in [-0.2, -0.15) is 4.98 Å². The molecule has 2 aromatic heterocycles. The number of anilines is 1. The standard InChI is InChI=1S/C35H41N5O4S/c1-22(2)29-16-10-14-26(36-29)20-40-27(19-35(5,6)7)21-44-31-18-30(32-23(3)11-8-12-24(32)4)37-34(38-31)39-45(42,43)28-15-9-13-25(17-28)33(40)41/h8-18,22,27H,19-21H2,1-7H3,(H,37,38,39)/t27-/m1/s1. The largest absolute Gasteiger partial charge is 0.475 e. The Labute approximate surface area is 266 Å². The fourth-order valence-electron chi connectivity index (χ4n) is 5.63. The molecule has 1 atom stereocenters. The summed E-state index contributed by atoms with van der Waals surface area (Å²) in [6.07, 6.45) is 0.612. The molecule has 236 valence electrons. The molecule has 0 spiro atoms. The summed E-state index contributed by atoms with van der Waals surface area (Å²) in [5.41, 5.74) is 5.13. The molecule has 3 heterocycles. The lowest BCUT2D eigenvalue weighted by molar-refractivity contribution is 0.0509. The van der Waals surface area contributed by atoms with Crippen LogP contribution in [0, 0.1) is 19.3 Å². The highest BCUT2D eigenvalue weighted by atomic mass is 32.2. The van der Waals surface area contributed by atoms with Gasteiger partial charge in [0, 0.05) is 22.9 Å². The van der Waals surface area contributed by atoms with Crippen LogP contribution in [0.1, 0.15) is 79.8 Å². The quantitative estimate of drug-likeness (QED) is 0.255. The van der Waals surface area contributed by atoms with Crippen molar-refractivity contribution in [2.75, 3.05) is 11.3 Å². The van der Waals surface area contributed by atoms with E-state index >= 15 is 0 Å². The van der Waals surface area contributed by atoms with E-state index in [2.05, 4.69) is 49.3 Å². The topological polar surface area (TPSA) is 114 Å². The number of carbonyl (C=O) groups is 1. The molecule has 2 aromatic carbocycles. The van der Waals surface area contributed by atoms with E-state index in [1.807, 2.05) is 50.2 Å². The van der Waals surface area contributed by atoms with Crippen molar-refractivity contribution < 1.29 is 17.9 Å². The Morgan fingerprint density at radius 3 is 2.33 bits per heavy atom. The molecule has 0 unspecified atom stereocenters. The van der Waals surface area contributed by atoms with Crippen molar-refractivity contribution in [2.45, 2.75) is 78.3 Å². The molecule has 1 aliphatic heterocycles. The molecule has 10 heteroatoms. The number of hydrogen-bond acceptors (Lipinski definition) is 7. The summed E-state index contributed by atoms with van der Waals surface area (Å²) in [5.74, 6) is 0.00404. The third kappa shape index (κ3) is 7.50. The van der Waals surface area contributed by atoms with Gasteiger partial charge in [0.1, 0.15) is 6.61 Å². The molecule has 4 aromatic rings. The minimum Gasteiger partial charge on any atom is -0.475 e. The summed E-state index contributed by atoms with van der Waals surface area (Å²) >= 11 is 0. The van der Waals surface area contributed by atoms with Gasteiger partial charge in [-0.05, 0) is 73.1 Å². The third-order valence-electron chi connectivity index (χ3n) is 7.78. The first-order valence-electron chi connectivity index (χ1n) is 15.2. The zero-order valence-electron chi connectivity index (χ0n) is 27.0. The van der Waals surface area contributed by atoms with Gasteiger partial charge in [-0.15, -0.1) is 0 Å². The monoisotopic (exact) mass is 627 g/mol. The predicted octanol–water partition coefficient (Wildman–Crippen LogP) is 6.92. The normalized spacial score (nSPS) is 16.7. The number of rotatable bonds is 5. The summed E-state index contributed by atoms with van der Waals surface area (Å²) in [6, 6.07) is 19.2. The van der Waals surface area contributed by atoms with E-state index < -0.39 is 16.1 Å². The number of nitrogens with one attached hydrogen (secondary N) is 1. The number of fused-ring (bicyclic) bond motifs is 4. The number of hydrogen-bond donors (Lipinski definition) is 1. The molecule has 4 bridgehead atoms. The van der Waals surface area contributed by atoms with Crippen LogP contribution >= 0.6 is 0 Å². The molecule has 1 aliphatic rings. The molecule has 5 rings (SSSR count). The molecule has 9 nitrogen and oxygen atoms in total. The Morgan fingerprint density at radius 1 is 0.956 bits per heavy atom. The first-order valence-corrected chi connectivity index (χ1v) is 16.7. The zero-order valence-corrected chi connectivity index (χ0v) is 27.8. The molecular weight excluding hydrogens is 586 g/mol. The Balaban J connectivity index is 1.68. The average Bonchev–Trinajstić information content (AvgIpc) is 2.97. The average molecular weight is 628 g/mol. The van der Waals surface area contributed by atoms with Crippen LogP contribution in [0.15, 0.2) is 71.6 Å². The summed E-state index contributed by atoms with van der Waals surface area (Å²) in [7, 11) is -4.15. The molecule has 45 heavy (non-hydrogen) atoms. The number of carbonyl (C=O) groups excluding carboxylic acids is 1. The second-order valence-corrected chi connectivity index (χ2v) is 14.9. The van der Waals surface area contributed by atoms with Gasteiger partial charge < -0.3 is 9.64 Å². The maximum Gasteiger partial charge on any atom is 0.264 e. The third-order valence-corrected chi connectivity index (χ3v) is 9.11. The second kappa shape index (κ2) is 12.6. The van der Waals surface area contributed by atoms with Gasteiger partial charge in [-0.25, -0.2) is 18.1 Å². The number of aromatic nitrogens is 3. The number of amides is 1. The van der Waals surface area contributed by atoms with Crippen LogP contribution in [0.5, 0.6) is 5.88 Å². The molecule has 1 amide bonds. The first kappa shape index (κ1) is 32.1. The Hall–Kier alpha value is -4.31. The molecule has 0 radical (unpaired) electrons. The van der Waals surface area contributed by atoms with E-state index in [-0.39, 0.29) is 52.7 Å². The van der Waals surface area contributed by atoms with Crippen molar-refractivity contribution in [1.29, 1.82) is 0 Å². The first-order chi connectivity index (χ1) is 21.2. The number of ether oxygens (including phenoxy) is 1. The van der Waals surface area contributed by atoms with Crippen LogP contribution in [0.2, 0.25) is 0 Å². The maximum atomic E-state index is 14.3. The van der Waals surface area contributed by atoms with Gasteiger partial charge >= 0.3 is 0 Å². The summed E-state index contributed by atoms with van der Waals surface area (Å²) < 4.78 is 36.1. The number of nitrogens with zero attached hydrogens (tertiary/aromatic N) is 4. The number of aryl methyl sites for hydroxylation is 2. The van der Waals surface area contributed by atoms with E-state index in [9.17, 15) is 13.2 Å². The molecular formula is C35H41N5O4S. The lowest BCUT2D eigenvalue weighted by Crippen LogP contribution is -2.45. The highest BCUT2D eigenvalue weighted by molar-refractivity contribution is 7.92. The SMILES string of the molecule is Cc1cccc(C)c1-c1cc2nc(n1)NS(=O)(=O)c1cccc(c1)C(=O)N(Cc1cccc(C(C)C)n1)[C@H](CC(C)(C)C)CO2. The highest BCUT2D eigenvalue weighted by Gasteiger charge is 2.32. The van der Waals surface area contributed by atoms with Gasteiger partial charge in [0.15, 0.2) is 0 Å². The Kier molecular flexibility index (Phi) is 8.98. The zero-order chi connectivity index (χ0) is 32.5. The van der Waals surface area contributed by atoms with Crippen LogP contribution in [-0.2, 0) is 16.6 Å². The Bertz CT molecular complexity index is 1810. The van der Waals surface area contributed by atoms with Gasteiger partial charge in [0.05, 0.1) is 28.9 Å². The van der Waals surface area contributed by atoms with Crippen molar-refractivity contribution in [3.05, 3.63) is 94.8 Å². The van der Waals surface area contributed by atoms with Crippen molar-refractivity contribution >= 4 is 21.9 Å². The van der Waals surface area contributed by atoms with Crippen molar-refractivity contribution in [2.24, 2.45) is 5.41 Å². The highest BCUT2D eigenvalue weighted by Crippen LogP contribution is 2.32. The predicted molar refractivity (Wildman–Crippen MR) is 176 cm³/mol.